The van der Waals surface area contributed by atoms with Gasteiger partial charge in [0.1, 0.15) is 0 Å². The zero-order valence-corrected chi connectivity index (χ0v) is 54.8. The molecule has 0 aromatic heterocycles. The molecule has 0 atom stereocenters. The SMILES string of the molecule is c1ccc(-c2ccc(-c3ccc(-c4ccc5cc(-c6ccc(-c7ccc(-c8ccc(C9(c%10ccc(-c%11ccc(-c%12ccc(-c%13ccc%14cc(-c%15ccc(-c%16ccc(-c%17ccccc%17)cc%16)cc%15)ccc%14c%13)cc%12)cc%11)cc%10)CCCCC9)cc8)cc7)cc6)ccc5c4)cc3)cc2)cc1. The van der Waals surface area contributed by atoms with Crippen molar-refractivity contribution >= 4 is 21.5 Å². The van der Waals surface area contributed by atoms with E-state index < -0.39 is 0 Å². The quantitative estimate of drug-likeness (QED) is 0.102. The van der Waals surface area contributed by atoms with Gasteiger partial charge in [-0.1, -0.05) is 371 Å². The van der Waals surface area contributed by atoms with Gasteiger partial charge in [-0.25, -0.2) is 0 Å². The summed E-state index contributed by atoms with van der Waals surface area (Å²) < 4.78 is 0. The van der Waals surface area contributed by atoms with Gasteiger partial charge in [0.05, 0.1) is 0 Å². The highest BCUT2D eigenvalue weighted by Crippen LogP contribution is 2.46. The van der Waals surface area contributed by atoms with E-state index in [0.29, 0.717) is 0 Å². The Labute approximate surface area is 576 Å². The lowest BCUT2D eigenvalue weighted by Crippen LogP contribution is -2.30. The van der Waals surface area contributed by atoms with Crippen molar-refractivity contribution in [2.45, 2.75) is 37.5 Å². The number of benzene rings is 16. The molecular formula is C98H72. The third-order valence-electron chi connectivity index (χ3n) is 20.9. The standard InChI is InChI=1S/C98H72/c1-4-10-68(11-5-1)70-14-18-72(19-15-70)76-30-38-84(39-31-76)88-46-50-94-66-90(48-52-92(94)64-88)86-42-34-78(35-43-86)74-22-26-80(27-23-74)82-54-58-96(59-55-82)98(62-8-3-9-63-98)97-60-56-83(57-61-97)81-28-24-75(25-29-81)79-36-44-87(45-37-79)91-49-53-93-65-89(47-51-95(93)67-91)85-40-32-77(33-41-85)73-20-16-71(17-21-73)69-12-6-2-7-13-69/h1-2,4-7,10-61,64-67H,3,8-9,62-63H2. The summed E-state index contributed by atoms with van der Waals surface area (Å²) in [7, 11) is 0. The third-order valence-corrected chi connectivity index (χ3v) is 20.9. The molecule has 0 N–H and O–H groups in total. The minimum Gasteiger partial charge on any atom is -0.0622 e. The van der Waals surface area contributed by atoms with Crippen molar-refractivity contribution < 1.29 is 0 Å². The van der Waals surface area contributed by atoms with Crippen molar-refractivity contribution in [1.82, 2.24) is 0 Å². The van der Waals surface area contributed by atoms with Crippen LogP contribution in [-0.2, 0) is 5.41 Å². The maximum atomic E-state index is 2.41. The van der Waals surface area contributed by atoms with E-state index in [1.165, 1.54) is 198 Å². The molecule has 1 fully saturated rings. The van der Waals surface area contributed by atoms with Crippen LogP contribution in [0.3, 0.4) is 0 Å². The fourth-order valence-electron chi connectivity index (χ4n) is 15.2. The summed E-state index contributed by atoms with van der Waals surface area (Å²) in [5, 5.41) is 4.96. The van der Waals surface area contributed by atoms with Gasteiger partial charge < -0.3 is 0 Å². The summed E-state index contributed by atoms with van der Waals surface area (Å²) in [5.41, 5.74) is 32.3. The summed E-state index contributed by atoms with van der Waals surface area (Å²) >= 11 is 0. The predicted octanol–water partition coefficient (Wildman–Crippen LogP) is 27.2. The molecule has 0 aliphatic heterocycles. The van der Waals surface area contributed by atoms with E-state index in [1.807, 2.05) is 0 Å². The maximum Gasteiger partial charge on any atom is 0.0202 e. The Kier molecular flexibility index (Phi) is 16.1. The van der Waals surface area contributed by atoms with E-state index in [-0.39, 0.29) is 5.41 Å². The number of rotatable bonds is 14. The summed E-state index contributed by atoms with van der Waals surface area (Å²) in [6.45, 7) is 0. The van der Waals surface area contributed by atoms with Gasteiger partial charge >= 0.3 is 0 Å². The molecule has 0 amide bonds. The maximum absolute atomic E-state index is 2.41. The molecule has 0 radical (unpaired) electrons. The molecule has 0 saturated heterocycles. The van der Waals surface area contributed by atoms with E-state index in [2.05, 4.69) is 376 Å². The fourth-order valence-corrected chi connectivity index (χ4v) is 15.2. The van der Waals surface area contributed by atoms with Crippen molar-refractivity contribution in [2.24, 2.45) is 0 Å². The van der Waals surface area contributed by atoms with Crippen LogP contribution < -0.4 is 0 Å². The zero-order chi connectivity index (χ0) is 65.2. The largest absolute Gasteiger partial charge is 0.0622 e. The van der Waals surface area contributed by atoms with E-state index in [9.17, 15) is 0 Å². The van der Waals surface area contributed by atoms with Gasteiger partial charge in [0.2, 0.25) is 0 Å². The van der Waals surface area contributed by atoms with Crippen LogP contribution >= 0.6 is 0 Å². The molecule has 17 rings (SSSR count). The molecule has 0 unspecified atom stereocenters. The van der Waals surface area contributed by atoms with Crippen LogP contribution in [0.4, 0.5) is 0 Å². The van der Waals surface area contributed by atoms with Crippen LogP contribution in [-0.4, -0.2) is 0 Å². The van der Waals surface area contributed by atoms with Gasteiger partial charge in [0.25, 0.3) is 0 Å². The van der Waals surface area contributed by atoms with Gasteiger partial charge in [0, 0.05) is 5.41 Å². The Morgan fingerprint density at radius 1 is 0.133 bits per heavy atom. The second-order valence-corrected chi connectivity index (χ2v) is 26.7. The second kappa shape index (κ2) is 26.3. The molecule has 16 aromatic rings. The minimum absolute atomic E-state index is 0.00654. The first kappa shape index (κ1) is 59.8. The Bertz CT molecular complexity index is 5090. The number of hydrogen-bond acceptors (Lipinski definition) is 0. The number of hydrogen-bond donors (Lipinski definition) is 0. The van der Waals surface area contributed by atoms with Gasteiger partial charge in [-0.15, -0.1) is 0 Å². The summed E-state index contributed by atoms with van der Waals surface area (Å²) in [5.74, 6) is 0. The topological polar surface area (TPSA) is 0 Å². The molecule has 464 valence electrons. The van der Waals surface area contributed by atoms with E-state index in [4.69, 9.17) is 0 Å². The Balaban J connectivity index is 0.516. The average molecular weight is 1250 g/mol. The molecule has 0 spiro atoms. The lowest BCUT2D eigenvalue weighted by Gasteiger charge is -2.39. The lowest BCUT2D eigenvalue weighted by molar-refractivity contribution is 0.346. The van der Waals surface area contributed by atoms with Gasteiger partial charge in [0.15, 0.2) is 0 Å². The van der Waals surface area contributed by atoms with Gasteiger partial charge in [-0.3, -0.25) is 0 Å². The molecule has 16 aromatic carbocycles. The first-order chi connectivity index (χ1) is 48.4. The molecule has 1 aliphatic carbocycles. The average Bonchev–Trinajstić information content (AvgIpc) is 0.822. The Morgan fingerprint density at radius 3 is 0.480 bits per heavy atom. The van der Waals surface area contributed by atoms with E-state index in [1.54, 1.807) is 0 Å². The van der Waals surface area contributed by atoms with E-state index in [0.717, 1.165) is 0 Å². The predicted molar refractivity (Wildman–Crippen MR) is 417 cm³/mol. The normalized spacial score (nSPS) is 12.8. The van der Waals surface area contributed by atoms with Crippen LogP contribution in [0.25, 0.3) is 155 Å². The van der Waals surface area contributed by atoms with Crippen molar-refractivity contribution in [3.05, 3.63) is 387 Å². The Hall–Kier alpha value is -12.0. The fraction of sp³-hybridized carbons (Fsp3) is 0.0612. The second-order valence-electron chi connectivity index (χ2n) is 26.7. The smallest absolute Gasteiger partial charge is 0.0202 e. The van der Waals surface area contributed by atoms with Crippen molar-refractivity contribution in [2.75, 3.05) is 0 Å². The van der Waals surface area contributed by atoms with E-state index >= 15 is 0 Å². The molecule has 0 heterocycles. The molecule has 1 saturated carbocycles. The Morgan fingerprint density at radius 2 is 0.286 bits per heavy atom. The summed E-state index contributed by atoms with van der Waals surface area (Å²) in [6.07, 6.45) is 6.12. The zero-order valence-electron chi connectivity index (χ0n) is 54.8. The third kappa shape index (κ3) is 12.2. The van der Waals surface area contributed by atoms with Crippen LogP contribution in [0.2, 0.25) is 0 Å². The van der Waals surface area contributed by atoms with Crippen molar-refractivity contribution in [3.8, 4) is 134 Å². The number of fused-ring (bicyclic) bond motifs is 2. The molecular weight excluding hydrogens is 1180 g/mol. The molecule has 0 bridgehead atoms. The monoisotopic (exact) mass is 1250 g/mol. The van der Waals surface area contributed by atoms with Crippen LogP contribution in [0.5, 0.6) is 0 Å². The highest BCUT2D eigenvalue weighted by atomic mass is 14.4. The summed E-state index contributed by atoms with van der Waals surface area (Å²) in [4.78, 5) is 0. The van der Waals surface area contributed by atoms with Crippen LogP contribution in [0.1, 0.15) is 43.2 Å². The van der Waals surface area contributed by atoms with Gasteiger partial charge in [-0.05, 0) is 203 Å². The summed E-state index contributed by atoms with van der Waals surface area (Å²) in [6, 6.07) is 139. The molecule has 98 heavy (non-hydrogen) atoms. The molecule has 0 heteroatoms. The first-order valence-electron chi connectivity index (χ1n) is 34.7. The van der Waals surface area contributed by atoms with Crippen molar-refractivity contribution in [3.63, 3.8) is 0 Å². The van der Waals surface area contributed by atoms with Crippen LogP contribution in [0, 0.1) is 0 Å². The van der Waals surface area contributed by atoms with Gasteiger partial charge in [-0.2, -0.15) is 0 Å². The molecule has 0 nitrogen and oxygen atoms in total. The highest BCUT2D eigenvalue weighted by Gasteiger charge is 2.35. The highest BCUT2D eigenvalue weighted by molar-refractivity contribution is 5.93. The lowest BCUT2D eigenvalue weighted by atomic mass is 9.65. The minimum atomic E-state index is 0.00654. The van der Waals surface area contributed by atoms with Crippen LogP contribution in [0.15, 0.2) is 376 Å². The first-order valence-corrected chi connectivity index (χ1v) is 34.7. The van der Waals surface area contributed by atoms with Crippen molar-refractivity contribution in [1.29, 1.82) is 0 Å². The molecule has 1 aliphatic rings.